The van der Waals surface area contributed by atoms with Crippen molar-refractivity contribution in [3.05, 3.63) is 59.1 Å². The third kappa shape index (κ3) is 5.78. The number of thiazole rings is 1. The molecule has 3 aromatic rings. The van der Waals surface area contributed by atoms with Gasteiger partial charge in [-0.25, -0.2) is 4.98 Å². The number of aromatic nitrogens is 1. The second-order valence-electron chi connectivity index (χ2n) is 8.08. The number of nitrogens with one attached hydrogen (secondary N) is 2. The number of carbonyl (C=O) groups is 1. The fraction of sp³-hybridized carbons (Fsp3) is 0.360. The van der Waals surface area contributed by atoms with Crippen molar-refractivity contribution < 1.29 is 19.0 Å². The van der Waals surface area contributed by atoms with Gasteiger partial charge >= 0.3 is 0 Å². The van der Waals surface area contributed by atoms with E-state index in [1.54, 1.807) is 18.3 Å². The van der Waals surface area contributed by atoms with Crippen LogP contribution in [0.1, 0.15) is 28.1 Å². The van der Waals surface area contributed by atoms with E-state index in [2.05, 4.69) is 44.8 Å². The first-order chi connectivity index (χ1) is 16.6. The fourth-order valence-electron chi connectivity index (χ4n) is 4.04. The molecule has 0 saturated carbocycles. The van der Waals surface area contributed by atoms with Gasteiger partial charge in [-0.15, -0.1) is 0 Å². The van der Waals surface area contributed by atoms with E-state index in [9.17, 15) is 4.79 Å². The zero-order valence-corrected chi connectivity index (χ0v) is 20.5. The summed E-state index contributed by atoms with van der Waals surface area (Å²) >= 11 is 1.35. The van der Waals surface area contributed by atoms with Crippen LogP contribution in [0, 0.1) is 0 Å². The van der Waals surface area contributed by atoms with Gasteiger partial charge in [-0.05, 0) is 18.4 Å². The Morgan fingerprint density at radius 1 is 1.06 bits per heavy atom. The standard InChI is InChI=1S/C25H30N4O4S/c1-31-20-13-19(14-21(32-2)23(20)33-3)27-24(30)22-15-26-25(34-22)28-18-9-11-29(12-10-18)16-17-7-5-4-6-8-17/h4-8,13-15,18H,9-12,16H2,1-3H3,(H,26,28)(H,27,30). The smallest absolute Gasteiger partial charge is 0.267 e. The highest BCUT2D eigenvalue weighted by atomic mass is 32.1. The van der Waals surface area contributed by atoms with Crippen LogP contribution >= 0.6 is 11.3 Å². The zero-order valence-electron chi connectivity index (χ0n) is 19.7. The Morgan fingerprint density at radius 2 is 1.74 bits per heavy atom. The van der Waals surface area contributed by atoms with E-state index < -0.39 is 0 Å². The Kier molecular flexibility index (Phi) is 7.87. The number of anilines is 2. The van der Waals surface area contributed by atoms with E-state index in [1.807, 2.05) is 6.07 Å². The number of carbonyl (C=O) groups excluding carboxylic acids is 1. The maximum absolute atomic E-state index is 12.8. The first kappa shape index (κ1) is 23.8. The summed E-state index contributed by atoms with van der Waals surface area (Å²) in [6.45, 7) is 3.05. The Bertz CT molecular complexity index is 1070. The molecular formula is C25H30N4O4S. The monoisotopic (exact) mass is 482 g/mol. The summed E-state index contributed by atoms with van der Waals surface area (Å²) in [5.41, 5.74) is 1.89. The normalized spacial score (nSPS) is 14.4. The number of benzene rings is 2. The number of rotatable bonds is 9. The molecule has 0 aliphatic carbocycles. The van der Waals surface area contributed by atoms with Gasteiger partial charge in [0.2, 0.25) is 5.75 Å². The molecule has 34 heavy (non-hydrogen) atoms. The Morgan fingerprint density at radius 3 is 2.35 bits per heavy atom. The van der Waals surface area contributed by atoms with Crippen LogP contribution in [0.3, 0.4) is 0 Å². The highest BCUT2D eigenvalue weighted by Gasteiger charge is 2.21. The van der Waals surface area contributed by atoms with Crippen molar-refractivity contribution in [3.63, 3.8) is 0 Å². The predicted octanol–water partition coefficient (Wildman–Crippen LogP) is 4.50. The molecule has 9 heteroatoms. The molecule has 2 aromatic carbocycles. The van der Waals surface area contributed by atoms with Crippen LogP contribution in [0.15, 0.2) is 48.7 Å². The van der Waals surface area contributed by atoms with Gasteiger partial charge in [-0.1, -0.05) is 41.7 Å². The minimum Gasteiger partial charge on any atom is -0.493 e. The van der Waals surface area contributed by atoms with Crippen LogP contribution in [0.4, 0.5) is 10.8 Å². The van der Waals surface area contributed by atoms with Crippen LogP contribution < -0.4 is 24.8 Å². The lowest BCUT2D eigenvalue weighted by atomic mass is 10.0. The Labute approximate surface area is 203 Å². The molecule has 1 amide bonds. The summed E-state index contributed by atoms with van der Waals surface area (Å²) in [6, 6.07) is 14.3. The van der Waals surface area contributed by atoms with Crippen molar-refractivity contribution in [2.45, 2.75) is 25.4 Å². The van der Waals surface area contributed by atoms with Crippen LogP contribution in [-0.2, 0) is 6.54 Å². The molecular weight excluding hydrogens is 452 g/mol. The summed E-state index contributed by atoms with van der Waals surface area (Å²) < 4.78 is 16.0. The summed E-state index contributed by atoms with van der Waals surface area (Å²) in [4.78, 5) is 20.2. The first-order valence-electron chi connectivity index (χ1n) is 11.2. The van der Waals surface area contributed by atoms with Gasteiger partial charge in [-0.2, -0.15) is 0 Å². The number of amides is 1. The molecule has 0 atom stereocenters. The number of hydrogen-bond donors (Lipinski definition) is 2. The van der Waals surface area contributed by atoms with Gasteiger partial charge in [0.05, 0.1) is 27.5 Å². The average Bonchev–Trinajstić information content (AvgIpc) is 3.34. The summed E-state index contributed by atoms with van der Waals surface area (Å²) in [6.07, 6.45) is 3.68. The third-order valence-electron chi connectivity index (χ3n) is 5.82. The fourth-order valence-corrected chi connectivity index (χ4v) is 4.83. The highest BCUT2D eigenvalue weighted by molar-refractivity contribution is 7.17. The number of hydrogen-bond acceptors (Lipinski definition) is 8. The maximum Gasteiger partial charge on any atom is 0.267 e. The van der Waals surface area contributed by atoms with Gasteiger partial charge in [0.1, 0.15) is 4.88 Å². The number of nitrogens with zero attached hydrogens (tertiary/aromatic N) is 2. The molecule has 1 aromatic heterocycles. The van der Waals surface area contributed by atoms with Gasteiger partial charge in [0, 0.05) is 43.5 Å². The minimum absolute atomic E-state index is 0.238. The van der Waals surface area contributed by atoms with E-state index in [0.29, 0.717) is 33.9 Å². The Balaban J connectivity index is 1.32. The van der Waals surface area contributed by atoms with Gasteiger partial charge in [0.25, 0.3) is 5.91 Å². The number of piperidine rings is 1. The molecule has 0 unspecified atom stereocenters. The van der Waals surface area contributed by atoms with Crippen molar-refractivity contribution in [3.8, 4) is 17.2 Å². The molecule has 180 valence electrons. The van der Waals surface area contributed by atoms with E-state index >= 15 is 0 Å². The van der Waals surface area contributed by atoms with Crippen molar-refractivity contribution in [2.24, 2.45) is 0 Å². The van der Waals surface area contributed by atoms with Crippen LogP contribution in [0.25, 0.3) is 0 Å². The van der Waals surface area contributed by atoms with Gasteiger partial charge < -0.3 is 24.8 Å². The van der Waals surface area contributed by atoms with Crippen molar-refractivity contribution in [1.82, 2.24) is 9.88 Å². The predicted molar refractivity (Wildman–Crippen MR) is 135 cm³/mol. The van der Waals surface area contributed by atoms with E-state index in [-0.39, 0.29) is 5.91 Å². The summed E-state index contributed by atoms with van der Waals surface area (Å²) in [5.74, 6) is 1.18. The van der Waals surface area contributed by atoms with Crippen molar-refractivity contribution in [1.29, 1.82) is 0 Å². The van der Waals surface area contributed by atoms with Crippen molar-refractivity contribution in [2.75, 3.05) is 45.1 Å². The molecule has 1 aliphatic heterocycles. The molecule has 1 saturated heterocycles. The lowest BCUT2D eigenvalue weighted by Gasteiger charge is -2.32. The quantitative estimate of drug-likeness (QED) is 0.465. The van der Waals surface area contributed by atoms with Crippen LogP contribution in [0.5, 0.6) is 17.2 Å². The average molecular weight is 483 g/mol. The zero-order chi connectivity index (χ0) is 23.9. The third-order valence-corrected chi connectivity index (χ3v) is 6.74. The summed E-state index contributed by atoms with van der Waals surface area (Å²) in [7, 11) is 4.62. The van der Waals surface area contributed by atoms with Crippen molar-refractivity contribution >= 4 is 28.1 Å². The molecule has 2 N–H and O–H groups in total. The number of ether oxygens (including phenoxy) is 3. The highest BCUT2D eigenvalue weighted by Crippen LogP contribution is 2.40. The largest absolute Gasteiger partial charge is 0.493 e. The van der Waals surface area contributed by atoms with E-state index in [1.165, 1.54) is 38.2 Å². The lowest BCUT2D eigenvalue weighted by molar-refractivity contribution is 0.103. The molecule has 0 bridgehead atoms. The molecule has 8 nitrogen and oxygen atoms in total. The molecule has 1 fully saturated rings. The summed E-state index contributed by atoms with van der Waals surface area (Å²) in [5, 5.41) is 7.15. The van der Waals surface area contributed by atoms with E-state index in [4.69, 9.17) is 14.2 Å². The molecule has 0 radical (unpaired) electrons. The SMILES string of the molecule is COc1cc(NC(=O)c2cnc(NC3CCN(Cc4ccccc4)CC3)s2)cc(OC)c1OC. The number of methoxy groups -OCH3 is 3. The first-order valence-corrected chi connectivity index (χ1v) is 12.0. The second kappa shape index (κ2) is 11.2. The van der Waals surface area contributed by atoms with Gasteiger partial charge in [0.15, 0.2) is 16.6 Å². The molecule has 1 aliphatic rings. The molecule has 2 heterocycles. The maximum atomic E-state index is 12.8. The van der Waals surface area contributed by atoms with E-state index in [0.717, 1.165) is 37.6 Å². The molecule has 0 spiro atoms. The second-order valence-corrected chi connectivity index (χ2v) is 9.11. The number of likely N-dealkylation sites (tertiary alicyclic amines) is 1. The molecule has 4 rings (SSSR count). The van der Waals surface area contributed by atoms with Crippen LogP contribution in [0.2, 0.25) is 0 Å². The van der Waals surface area contributed by atoms with Crippen LogP contribution in [-0.4, -0.2) is 56.3 Å². The minimum atomic E-state index is -0.238. The topological polar surface area (TPSA) is 85.0 Å². The Hall–Kier alpha value is -3.30. The lowest BCUT2D eigenvalue weighted by Crippen LogP contribution is -2.38. The van der Waals surface area contributed by atoms with Gasteiger partial charge in [-0.3, -0.25) is 9.69 Å².